The van der Waals surface area contributed by atoms with E-state index < -0.39 is 5.60 Å². The van der Waals surface area contributed by atoms with Crippen LogP contribution in [-0.2, 0) is 25.0 Å². The summed E-state index contributed by atoms with van der Waals surface area (Å²) in [6.45, 7) is 2.98. The second-order valence-electron chi connectivity index (χ2n) is 5.97. The van der Waals surface area contributed by atoms with Crippen molar-refractivity contribution in [3.05, 3.63) is 47.5 Å². The van der Waals surface area contributed by atoms with Gasteiger partial charge in [-0.15, -0.1) is 0 Å². The largest absolute Gasteiger partial charge is 0.385 e. The summed E-state index contributed by atoms with van der Waals surface area (Å²) in [5, 5.41) is 15.6. The summed E-state index contributed by atoms with van der Waals surface area (Å²) in [5.41, 5.74) is 1.54. The highest BCUT2D eigenvalue weighted by Crippen LogP contribution is 2.36. The first-order valence-corrected chi connectivity index (χ1v) is 7.90. The first-order valence-electron chi connectivity index (χ1n) is 7.90. The van der Waals surface area contributed by atoms with Gasteiger partial charge in [0.15, 0.2) is 0 Å². The molecule has 3 rings (SSSR count). The molecule has 1 heterocycles. The van der Waals surface area contributed by atoms with Gasteiger partial charge in [0.1, 0.15) is 12.2 Å². The highest BCUT2D eigenvalue weighted by Gasteiger charge is 2.34. The fraction of sp³-hybridized carbons (Fsp3) is 0.529. The Kier molecular flexibility index (Phi) is 4.06. The molecule has 2 aromatic rings. The molecule has 0 fully saturated rings. The third kappa shape index (κ3) is 2.86. The number of nitrogens with zero attached hydrogens (tertiary/aromatic N) is 3. The molecule has 1 aromatic heterocycles. The van der Waals surface area contributed by atoms with Crippen molar-refractivity contribution in [1.82, 2.24) is 14.8 Å². The predicted octanol–water partition coefficient (Wildman–Crippen LogP) is 2.84. The second kappa shape index (κ2) is 5.98. The van der Waals surface area contributed by atoms with Crippen LogP contribution in [0.4, 0.5) is 0 Å². The SMILES string of the molecule is CCCn1ncnc1CC1(O)CCCCc2ccccc21. The Bertz CT molecular complexity index is 608. The average molecular weight is 285 g/mol. The van der Waals surface area contributed by atoms with E-state index in [0.29, 0.717) is 6.42 Å². The summed E-state index contributed by atoms with van der Waals surface area (Å²) in [5.74, 6) is 0.885. The van der Waals surface area contributed by atoms with E-state index >= 15 is 0 Å². The smallest absolute Gasteiger partial charge is 0.138 e. The van der Waals surface area contributed by atoms with Crippen LogP contribution in [0.15, 0.2) is 30.6 Å². The monoisotopic (exact) mass is 285 g/mol. The number of benzene rings is 1. The number of hydrogen-bond acceptors (Lipinski definition) is 3. The minimum absolute atomic E-state index is 0.546. The zero-order valence-electron chi connectivity index (χ0n) is 12.6. The molecule has 21 heavy (non-hydrogen) atoms. The Labute approximate surface area is 125 Å². The van der Waals surface area contributed by atoms with Crippen LogP contribution in [-0.4, -0.2) is 19.9 Å². The third-order valence-corrected chi connectivity index (χ3v) is 4.39. The van der Waals surface area contributed by atoms with Crippen molar-refractivity contribution in [1.29, 1.82) is 0 Å². The van der Waals surface area contributed by atoms with Gasteiger partial charge in [-0.3, -0.25) is 0 Å². The number of rotatable bonds is 4. The van der Waals surface area contributed by atoms with Crippen LogP contribution in [0.2, 0.25) is 0 Å². The van der Waals surface area contributed by atoms with Crippen LogP contribution < -0.4 is 0 Å². The van der Waals surface area contributed by atoms with Gasteiger partial charge in [-0.1, -0.05) is 31.2 Å². The van der Waals surface area contributed by atoms with Crippen molar-refractivity contribution >= 4 is 0 Å². The van der Waals surface area contributed by atoms with Gasteiger partial charge in [-0.25, -0.2) is 9.67 Å². The van der Waals surface area contributed by atoms with Gasteiger partial charge in [0, 0.05) is 13.0 Å². The molecule has 0 spiro atoms. The van der Waals surface area contributed by atoms with Crippen molar-refractivity contribution in [2.45, 2.75) is 57.6 Å². The highest BCUT2D eigenvalue weighted by atomic mass is 16.3. The Hall–Kier alpha value is -1.68. The molecule has 1 aromatic carbocycles. The molecule has 1 atom stereocenters. The molecule has 4 heteroatoms. The lowest BCUT2D eigenvalue weighted by Gasteiger charge is -2.28. The van der Waals surface area contributed by atoms with Crippen LogP contribution >= 0.6 is 0 Å². The van der Waals surface area contributed by atoms with Crippen molar-refractivity contribution in [2.75, 3.05) is 0 Å². The summed E-state index contributed by atoms with van der Waals surface area (Å²) >= 11 is 0. The highest BCUT2D eigenvalue weighted by molar-refractivity contribution is 5.34. The van der Waals surface area contributed by atoms with E-state index in [2.05, 4.69) is 35.2 Å². The van der Waals surface area contributed by atoms with Gasteiger partial charge in [-0.05, 0) is 43.2 Å². The van der Waals surface area contributed by atoms with Gasteiger partial charge in [0.2, 0.25) is 0 Å². The van der Waals surface area contributed by atoms with E-state index in [1.54, 1.807) is 6.33 Å². The Balaban J connectivity index is 1.94. The van der Waals surface area contributed by atoms with Crippen LogP contribution in [0.3, 0.4) is 0 Å². The molecule has 0 saturated heterocycles. The van der Waals surface area contributed by atoms with Crippen molar-refractivity contribution in [3.8, 4) is 0 Å². The van der Waals surface area contributed by atoms with E-state index in [4.69, 9.17) is 0 Å². The Morgan fingerprint density at radius 1 is 1.29 bits per heavy atom. The Morgan fingerprint density at radius 3 is 3.00 bits per heavy atom. The second-order valence-corrected chi connectivity index (χ2v) is 5.97. The maximum Gasteiger partial charge on any atom is 0.138 e. The molecule has 0 radical (unpaired) electrons. The zero-order chi connectivity index (χ0) is 14.7. The molecule has 1 unspecified atom stereocenters. The maximum absolute atomic E-state index is 11.3. The van der Waals surface area contributed by atoms with Gasteiger partial charge in [0.05, 0.1) is 5.60 Å². The number of aryl methyl sites for hydroxylation is 2. The molecule has 0 amide bonds. The normalized spacial score (nSPS) is 21.8. The van der Waals surface area contributed by atoms with Gasteiger partial charge < -0.3 is 5.11 Å². The molecule has 0 aliphatic heterocycles. The van der Waals surface area contributed by atoms with Crippen molar-refractivity contribution < 1.29 is 5.11 Å². The lowest BCUT2D eigenvalue weighted by atomic mass is 9.85. The maximum atomic E-state index is 11.3. The van der Waals surface area contributed by atoms with E-state index in [-0.39, 0.29) is 0 Å². The van der Waals surface area contributed by atoms with E-state index in [1.165, 1.54) is 5.56 Å². The standard InChI is InChI=1S/C17H23N3O/c1-2-11-20-16(18-13-19-20)12-17(21)10-6-5-8-14-7-3-4-9-15(14)17/h3-4,7,9,13,21H,2,5-6,8,10-12H2,1H3. The van der Waals surface area contributed by atoms with Gasteiger partial charge in [-0.2, -0.15) is 5.10 Å². The fourth-order valence-electron chi connectivity index (χ4n) is 3.33. The van der Waals surface area contributed by atoms with Crippen LogP contribution in [0.5, 0.6) is 0 Å². The summed E-state index contributed by atoms with van der Waals surface area (Å²) in [6, 6.07) is 8.29. The zero-order valence-corrected chi connectivity index (χ0v) is 12.6. The molecular formula is C17H23N3O. The Morgan fingerprint density at radius 2 is 2.14 bits per heavy atom. The molecule has 0 bridgehead atoms. The summed E-state index contributed by atoms with van der Waals surface area (Å²) in [4.78, 5) is 4.37. The lowest BCUT2D eigenvalue weighted by Crippen LogP contribution is -2.30. The number of fused-ring (bicyclic) bond motifs is 1. The molecule has 4 nitrogen and oxygen atoms in total. The van der Waals surface area contributed by atoms with Crippen LogP contribution in [0, 0.1) is 0 Å². The van der Waals surface area contributed by atoms with Crippen molar-refractivity contribution in [2.24, 2.45) is 0 Å². The molecule has 112 valence electrons. The van der Waals surface area contributed by atoms with Gasteiger partial charge >= 0.3 is 0 Å². The van der Waals surface area contributed by atoms with E-state index in [9.17, 15) is 5.11 Å². The molecule has 1 aliphatic rings. The van der Waals surface area contributed by atoms with Crippen molar-refractivity contribution in [3.63, 3.8) is 0 Å². The molecule has 0 saturated carbocycles. The number of hydrogen-bond donors (Lipinski definition) is 1. The summed E-state index contributed by atoms with van der Waals surface area (Å²) in [7, 11) is 0. The summed E-state index contributed by atoms with van der Waals surface area (Å²) in [6.07, 6.45) is 7.20. The first kappa shape index (κ1) is 14.3. The first-order chi connectivity index (χ1) is 10.2. The van der Waals surface area contributed by atoms with Crippen LogP contribution in [0.25, 0.3) is 0 Å². The number of aromatic nitrogens is 3. The number of aliphatic hydroxyl groups is 1. The van der Waals surface area contributed by atoms with Crippen LogP contribution in [0.1, 0.15) is 49.6 Å². The topological polar surface area (TPSA) is 50.9 Å². The average Bonchev–Trinajstić information content (AvgIpc) is 2.84. The molecule has 1 aliphatic carbocycles. The van der Waals surface area contributed by atoms with Gasteiger partial charge in [0.25, 0.3) is 0 Å². The molecular weight excluding hydrogens is 262 g/mol. The third-order valence-electron chi connectivity index (χ3n) is 4.39. The predicted molar refractivity (Wildman–Crippen MR) is 81.9 cm³/mol. The molecule has 1 N–H and O–H groups in total. The minimum atomic E-state index is -0.814. The van der Waals surface area contributed by atoms with E-state index in [0.717, 1.165) is 50.0 Å². The fourth-order valence-corrected chi connectivity index (χ4v) is 3.33. The van der Waals surface area contributed by atoms with E-state index in [1.807, 2.05) is 10.7 Å². The quantitative estimate of drug-likeness (QED) is 0.879. The minimum Gasteiger partial charge on any atom is -0.385 e. The summed E-state index contributed by atoms with van der Waals surface area (Å²) < 4.78 is 1.92. The lowest BCUT2D eigenvalue weighted by molar-refractivity contribution is 0.0241.